The summed E-state index contributed by atoms with van der Waals surface area (Å²) < 4.78 is 25.1. The fourth-order valence-electron chi connectivity index (χ4n) is 2.25. The van der Waals surface area contributed by atoms with Gasteiger partial charge in [-0.1, -0.05) is 54.2 Å². The Morgan fingerprint density at radius 1 is 1.08 bits per heavy atom. The number of anilines is 1. The van der Waals surface area contributed by atoms with Crippen molar-refractivity contribution in [3.63, 3.8) is 0 Å². The third kappa shape index (κ3) is 6.20. The molecule has 1 atom stereocenters. The van der Waals surface area contributed by atoms with Gasteiger partial charge in [0.2, 0.25) is 0 Å². The second-order valence-corrected chi connectivity index (χ2v) is 6.43. The van der Waals surface area contributed by atoms with Crippen LogP contribution in [0.2, 0.25) is 0 Å². The Balaban J connectivity index is 1.84. The van der Waals surface area contributed by atoms with Crippen molar-refractivity contribution in [3.05, 3.63) is 60.2 Å². The van der Waals surface area contributed by atoms with Crippen molar-refractivity contribution in [1.82, 2.24) is 5.32 Å². The normalized spacial score (nSPS) is 12.0. The van der Waals surface area contributed by atoms with Crippen molar-refractivity contribution in [1.29, 1.82) is 0 Å². The first-order valence-corrected chi connectivity index (χ1v) is 8.58. The van der Waals surface area contributed by atoms with Gasteiger partial charge in [-0.05, 0) is 37.5 Å². The monoisotopic (exact) mass is 350 g/mol. The molecule has 0 aliphatic carbocycles. The zero-order valence-electron chi connectivity index (χ0n) is 13.3. The lowest BCUT2D eigenvalue weighted by atomic mass is 10.1. The van der Waals surface area contributed by atoms with Crippen LogP contribution >= 0.6 is 11.8 Å². The van der Waals surface area contributed by atoms with Crippen LogP contribution in [0.1, 0.15) is 18.9 Å². The van der Waals surface area contributed by atoms with Crippen molar-refractivity contribution >= 4 is 23.5 Å². The summed E-state index contributed by atoms with van der Waals surface area (Å²) in [5, 5.41) is 5.47. The molecule has 0 radical (unpaired) electrons. The van der Waals surface area contributed by atoms with Crippen LogP contribution in [0.15, 0.2) is 59.5 Å². The highest BCUT2D eigenvalue weighted by atomic mass is 32.2. The van der Waals surface area contributed by atoms with Gasteiger partial charge in [-0.2, -0.15) is 8.78 Å². The molecular formula is C18H20F2N2OS. The number of alkyl halides is 2. The third-order valence-electron chi connectivity index (χ3n) is 3.44. The Kier molecular flexibility index (Phi) is 7.06. The van der Waals surface area contributed by atoms with Gasteiger partial charge in [-0.3, -0.25) is 0 Å². The van der Waals surface area contributed by atoms with Crippen LogP contribution in [0.25, 0.3) is 0 Å². The van der Waals surface area contributed by atoms with Gasteiger partial charge in [0.25, 0.3) is 5.76 Å². The summed E-state index contributed by atoms with van der Waals surface area (Å²) in [6.07, 6.45) is 1.66. The van der Waals surface area contributed by atoms with Crippen LogP contribution in [-0.4, -0.2) is 17.8 Å². The summed E-state index contributed by atoms with van der Waals surface area (Å²) in [7, 11) is 0. The molecule has 6 heteroatoms. The second-order valence-electron chi connectivity index (χ2n) is 5.40. The molecule has 0 bridgehead atoms. The van der Waals surface area contributed by atoms with Gasteiger partial charge in [0.1, 0.15) is 0 Å². The molecule has 24 heavy (non-hydrogen) atoms. The summed E-state index contributed by atoms with van der Waals surface area (Å²) in [4.78, 5) is 12.4. The Labute approximate surface area is 144 Å². The second kappa shape index (κ2) is 9.27. The van der Waals surface area contributed by atoms with Gasteiger partial charge >= 0.3 is 6.03 Å². The summed E-state index contributed by atoms with van der Waals surface area (Å²) >= 11 is 0.418. The minimum atomic E-state index is -2.53. The summed E-state index contributed by atoms with van der Waals surface area (Å²) in [5.74, 6) is -2.53. The van der Waals surface area contributed by atoms with E-state index in [0.717, 1.165) is 12.8 Å². The number of nitrogens with one attached hydrogen (secondary N) is 2. The number of halogens is 2. The maximum Gasteiger partial charge on any atom is 0.319 e. The predicted molar refractivity (Wildman–Crippen MR) is 94.7 cm³/mol. The Morgan fingerprint density at radius 3 is 2.46 bits per heavy atom. The van der Waals surface area contributed by atoms with Gasteiger partial charge in [-0.15, -0.1) is 0 Å². The topological polar surface area (TPSA) is 41.1 Å². The molecule has 1 unspecified atom stereocenters. The lowest BCUT2D eigenvalue weighted by Crippen LogP contribution is -2.36. The van der Waals surface area contributed by atoms with Crippen molar-refractivity contribution in [3.8, 4) is 0 Å². The van der Waals surface area contributed by atoms with Gasteiger partial charge in [-0.25, -0.2) is 4.79 Å². The molecule has 2 aromatic carbocycles. The average Bonchev–Trinajstić information content (AvgIpc) is 2.55. The molecule has 0 spiro atoms. The first-order valence-electron chi connectivity index (χ1n) is 7.70. The standard InChI is InChI=1S/C18H20F2N2OS/c1-13(11-12-14-7-3-2-4-8-14)21-18(23)22-15-9-5-6-10-16(15)24-17(19)20/h2-10,13,17H,11-12H2,1H3,(H2,21,22,23). The smallest absolute Gasteiger partial charge is 0.319 e. The van der Waals surface area contributed by atoms with Gasteiger partial charge in [0.15, 0.2) is 0 Å². The van der Waals surface area contributed by atoms with E-state index < -0.39 is 11.8 Å². The van der Waals surface area contributed by atoms with E-state index in [1.165, 1.54) is 5.56 Å². The van der Waals surface area contributed by atoms with Crippen LogP contribution in [0.5, 0.6) is 0 Å². The minimum Gasteiger partial charge on any atom is -0.335 e. The maximum atomic E-state index is 12.5. The van der Waals surface area contributed by atoms with Crippen molar-refractivity contribution in [2.24, 2.45) is 0 Å². The van der Waals surface area contributed by atoms with E-state index in [9.17, 15) is 13.6 Å². The molecule has 0 saturated heterocycles. The Hall–Kier alpha value is -2.08. The van der Waals surface area contributed by atoms with Gasteiger partial charge in [0, 0.05) is 10.9 Å². The summed E-state index contributed by atoms with van der Waals surface area (Å²) in [5.41, 5.74) is 1.60. The predicted octanol–water partition coefficient (Wildman–Crippen LogP) is 5.14. The molecule has 0 saturated carbocycles. The van der Waals surface area contributed by atoms with Gasteiger partial charge in [0.05, 0.1) is 5.69 Å². The van der Waals surface area contributed by atoms with Crippen molar-refractivity contribution in [2.75, 3.05) is 5.32 Å². The summed E-state index contributed by atoms with van der Waals surface area (Å²) in [6, 6.07) is 16.1. The maximum absolute atomic E-state index is 12.5. The fraction of sp³-hybridized carbons (Fsp3) is 0.278. The van der Waals surface area contributed by atoms with E-state index in [2.05, 4.69) is 10.6 Å². The lowest BCUT2D eigenvalue weighted by Gasteiger charge is -2.16. The van der Waals surface area contributed by atoms with E-state index in [1.54, 1.807) is 24.3 Å². The van der Waals surface area contributed by atoms with Crippen LogP contribution in [-0.2, 0) is 6.42 Å². The van der Waals surface area contributed by atoms with Crippen LogP contribution in [0.3, 0.4) is 0 Å². The molecule has 0 aromatic heterocycles. The van der Waals surface area contributed by atoms with E-state index in [1.807, 2.05) is 37.3 Å². The molecular weight excluding hydrogens is 330 g/mol. The first kappa shape index (κ1) is 18.3. The Bertz CT molecular complexity index is 652. The third-order valence-corrected chi connectivity index (χ3v) is 4.23. The molecule has 3 nitrogen and oxygen atoms in total. The summed E-state index contributed by atoms with van der Waals surface area (Å²) in [6.45, 7) is 1.92. The fourth-order valence-corrected chi connectivity index (χ4v) is 2.85. The molecule has 0 aliphatic heterocycles. The number of carbonyl (C=O) groups is 1. The number of hydrogen-bond donors (Lipinski definition) is 2. The lowest BCUT2D eigenvalue weighted by molar-refractivity contribution is 0.248. The van der Waals surface area contributed by atoms with Crippen LogP contribution < -0.4 is 10.6 Å². The number of carbonyl (C=O) groups excluding carboxylic acids is 1. The largest absolute Gasteiger partial charge is 0.335 e. The van der Waals surface area contributed by atoms with Gasteiger partial charge < -0.3 is 10.6 Å². The first-order chi connectivity index (χ1) is 11.5. The molecule has 2 rings (SSSR count). The highest BCUT2D eigenvalue weighted by molar-refractivity contribution is 7.99. The zero-order chi connectivity index (χ0) is 17.4. The molecule has 2 aromatic rings. The average molecular weight is 350 g/mol. The number of para-hydroxylation sites is 1. The number of urea groups is 1. The zero-order valence-corrected chi connectivity index (χ0v) is 14.2. The van der Waals surface area contributed by atoms with E-state index in [0.29, 0.717) is 22.3 Å². The number of amides is 2. The van der Waals surface area contributed by atoms with E-state index in [4.69, 9.17) is 0 Å². The quantitative estimate of drug-likeness (QED) is 0.679. The highest BCUT2D eigenvalue weighted by Gasteiger charge is 2.13. The number of benzene rings is 2. The number of hydrogen-bond acceptors (Lipinski definition) is 2. The highest BCUT2D eigenvalue weighted by Crippen LogP contribution is 2.31. The molecule has 2 N–H and O–H groups in total. The SMILES string of the molecule is CC(CCc1ccccc1)NC(=O)Nc1ccccc1SC(F)F. The molecule has 0 fully saturated rings. The molecule has 2 amide bonds. The van der Waals surface area contributed by atoms with Crippen LogP contribution in [0.4, 0.5) is 19.3 Å². The molecule has 0 aliphatic rings. The van der Waals surface area contributed by atoms with Crippen LogP contribution in [0, 0.1) is 0 Å². The van der Waals surface area contributed by atoms with Crippen molar-refractivity contribution < 1.29 is 13.6 Å². The minimum absolute atomic E-state index is 0.0277. The Morgan fingerprint density at radius 2 is 1.75 bits per heavy atom. The number of rotatable bonds is 7. The number of aryl methyl sites for hydroxylation is 1. The molecule has 128 valence electrons. The van der Waals surface area contributed by atoms with E-state index >= 15 is 0 Å². The van der Waals surface area contributed by atoms with Crippen molar-refractivity contribution in [2.45, 2.75) is 36.5 Å². The molecule has 0 heterocycles. The number of thioether (sulfide) groups is 1. The van der Waals surface area contributed by atoms with E-state index in [-0.39, 0.29) is 6.04 Å².